The lowest BCUT2D eigenvalue weighted by atomic mass is 10.0. The molecule has 0 saturated heterocycles. The van der Waals surface area contributed by atoms with Crippen molar-refractivity contribution >= 4 is 46.6 Å². The second-order valence-corrected chi connectivity index (χ2v) is 8.06. The minimum absolute atomic E-state index is 0.144. The van der Waals surface area contributed by atoms with Gasteiger partial charge in [0.15, 0.2) is 0 Å². The fraction of sp³-hybridized carbons (Fsp3) is 0.333. The van der Waals surface area contributed by atoms with Crippen LogP contribution in [0, 0.1) is 6.92 Å². The van der Waals surface area contributed by atoms with E-state index in [1.807, 2.05) is 31.2 Å². The standard InChI is InChI=1S/C21H25ClN2O3S/c1-13(2)15-5-7-16(8-6-15)23-20(25)11-28-12-21(26)24-18-9-14(3)17(22)10-19(18)27-4/h5-10,13H,11-12H2,1-4H3,(H,23,25)(H,24,26). The molecule has 0 aliphatic heterocycles. The van der Waals surface area contributed by atoms with Crippen LogP contribution >= 0.6 is 23.4 Å². The van der Waals surface area contributed by atoms with E-state index in [9.17, 15) is 9.59 Å². The number of carbonyl (C=O) groups is 2. The minimum atomic E-state index is -0.209. The zero-order valence-electron chi connectivity index (χ0n) is 16.5. The number of rotatable bonds is 8. The molecule has 0 saturated carbocycles. The molecule has 7 heteroatoms. The number of amides is 2. The minimum Gasteiger partial charge on any atom is -0.495 e. The number of ether oxygens (including phenoxy) is 1. The molecule has 150 valence electrons. The normalized spacial score (nSPS) is 10.6. The highest BCUT2D eigenvalue weighted by atomic mass is 35.5. The molecule has 0 aliphatic carbocycles. The second-order valence-electron chi connectivity index (χ2n) is 6.67. The summed E-state index contributed by atoms with van der Waals surface area (Å²) in [5, 5.41) is 6.20. The van der Waals surface area contributed by atoms with Crippen LogP contribution in [0.3, 0.4) is 0 Å². The molecule has 0 radical (unpaired) electrons. The molecular formula is C21H25ClN2O3S. The molecule has 0 atom stereocenters. The van der Waals surface area contributed by atoms with Gasteiger partial charge < -0.3 is 15.4 Å². The molecule has 0 fully saturated rings. The molecule has 28 heavy (non-hydrogen) atoms. The van der Waals surface area contributed by atoms with Crippen molar-refractivity contribution in [1.82, 2.24) is 0 Å². The Kier molecular flexibility index (Phi) is 8.20. The Morgan fingerprint density at radius 2 is 1.68 bits per heavy atom. The lowest BCUT2D eigenvalue weighted by Crippen LogP contribution is -2.18. The molecule has 0 heterocycles. The Labute approximate surface area is 175 Å². The molecule has 0 aliphatic rings. The molecule has 5 nitrogen and oxygen atoms in total. The van der Waals surface area contributed by atoms with Gasteiger partial charge in [0, 0.05) is 16.8 Å². The van der Waals surface area contributed by atoms with E-state index in [0.717, 1.165) is 11.3 Å². The summed E-state index contributed by atoms with van der Waals surface area (Å²) in [6.07, 6.45) is 0. The number of aryl methyl sites for hydroxylation is 1. The van der Waals surface area contributed by atoms with Crippen LogP contribution in [0.5, 0.6) is 5.75 Å². The van der Waals surface area contributed by atoms with Gasteiger partial charge in [-0.05, 0) is 42.2 Å². The predicted molar refractivity (Wildman–Crippen MR) is 118 cm³/mol. The molecule has 2 amide bonds. The Hall–Kier alpha value is -2.18. The number of thioether (sulfide) groups is 1. The van der Waals surface area contributed by atoms with Crippen molar-refractivity contribution in [3.63, 3.8) is 0 Å². The lowest BCUT2D eigenvalue weighted by Gasteiger charge is -2.12. The first-order valence-electron chi connectivity index (χ1n) is 8.91. The average molecular weight is 421 g/mol. The van der Waals surface area contributed by atoms with E-state index in [1.54, 1.807) is 12.1 Å². The topological polar surface area (TPSA) is 67.4 Å². The maximum atomic E-state index is 12.2. The maximum absolute atomic E-state index is 12.2. The van der Waals surface area contributed by atoms with Crippen molar-refractivity contribution in [2.45, 2.75) is 26.7 Å². The van der Waals surface area contributed by atoms with Crippen molar-refractivity contribution in [2.24, 2.45) is 0 Å². The first-order chi connectivity index (χ1) is 13.3. The van der Waals surface area contributed by atoms with Gasteiger partial charge in [0.1, 0.15) is 5.75 Å². The lowest BCUT2D eigenvalue weighted by molar-refractivity contribution is -0.114. The number of benzene rings is 2. The predicted octanol–water partition coefficient (Wildman–Crippen LogP) is 5.09. The van der Waals surface area contributed by atoms with E-state index in [2.05, 4.69) is 24.5 Å². The maximum Gasteiger partial charge on any atom is 0.234 e. The van der Waals surface area contributed by atoms with Gasteiger partial charge in [0.2, 0.25) is 11.8 Å². The van der Waals surface area contributed by atoms with Gasteiger partial charge in [-0.3, -0.25) is 9.59 Å². The van der Waals surface area contributed by atoms with Gasteiger partial charge in [-0.25, -0.2) is 0 Å². The van der Waals surface area contributed by atoms with Gasteiger partial charge in [0.25, 0.3) is 0 Å². The average Bonchev–Trinajstić information content (AvgIpc) is 2.65. The summed E-state index contributed by atoms with van der Waals surface area (Å²) in [6, 6.07) is 11.2. The van der Waals surface area contributed by atoms with Gasteiger partial charge in [-0.1, -0.05) is 37.6 Å². The molecule has 2 aromatic carbocycles. The summed E-state index contributed by atoms with van der Waals surface area (Å²) < 4.78 is 5.24. The third-order valence-electron chi connectivity index (χ3n) is 4.08. The van der Waals surface area contributed by atoms with Crippen LogP contribution in [-0.4, -0.2) is 30.4 Å². The quantitative estimate of drug-likeness (QED) is 0.624. The molecule has 0 spiro atoms. The van der Waals surface area contributed by atoms with E-state index >= 15 is 0 Å². The van der Waals surface area contributed by atoms with Crippen molar-refractivity contribution in [3.05, 3.63) is 52.5 Å². The summed E-state index contributed by atoms with van der Waals surface area (Å²) in [6.45, 7) is 6.09. The number of nitrogens with one attached hydrogen (secondary N) is 2. The third kappa shape index (κ3) is 6.46. The molecular weight excluding hydrogens is 396 g/mol. The van der Waals surface area contributed by atoms with Crippen LogP contribution in [0.25, 0.3) is 0 Å². The van der Waals surface area contributed by atoms with Crippen LogP contribution in [-0.2, 0) is 9.59 Å². The summed E-state index contributed by atoms with van der Waals surface area (Å²) in [5.74, 6) is 0.938. The summed E-state index contributed by atoms with van der Waals surface area (Å²) in [4.78, 5) is 24.2. The highest BCUT2D eigenvalue weighted by Crippen LogP contribution is 2.31. The number of halogens is 1. The smallest absolute Gasteiger partial charge is 0.234 e. The molecule has 2 aromatic rings. The molecule has 0 unspecified atom stereocenters. The highest BCUT2D eigenvalue weighted by molar-refractivity contribution is 8.00. The largest absolute Gasteiger partial charge is 0.495 e. The van der Waals surface area contributed by atoms with Crippen molar-refractivity contribution in [2.75, 3.05) is 29.2 Å². The number of hydrogen-bond donors (Lipinski definition) is 2. The summed E-state index contributed by atoms with van der Waals surface area (Å²) in [7, 11) is 1.52. The summed E-state index contributed by atoms with van der Waals surface area (Å²) in [5.41, 5.74) is 3.37. The van der Waals surface area contributed by atoms with E-state index in [1.165, 1.54) is 24.4 Å². The van der Waals surface area contributed by atoms with Gasteiger partial charge >= 0.3 is 0 Å². The number of carbonyl (C=O) groups excluding carboxylic acids is 2. The number of hydrogen-bond acceptors (Lipinski definition) is 4. The second kappa shape index (κ2) is 10.4. The van der Waals surface area contributed by atoms with Gasteiger partial charge in [-0.15, -0.1) is 11.8 Å². The fourth-order valence-corrected chi connectivity index (χ4v) is 3.27. The van der Waals surface area contributed by atoms with E-state index in [-0.39, 0.29) is 23.3 Å². The van der Waals surface area contributed by atoms with Crippen LogP contribution in [0.2, 0.25) is 5.02 Å². The summed E-state index contributed by atoms with van der Waals surface area (Å²) >= 11 is 7.31. The molecule has 2 N–H and O–H groups in total. The monoisotopic (exact) mass is 420 g/mol. The van der Waals surface area contributed by atoms with Crippen LogP contribution in [0.4, 0.5) is 11.4 Å². The Morgan fingerprint density at radius 1 is 1.07 bits per heavy atom. The molecule has 0 aromatic heterocycles. The molecule has 0 bridgehead atoms. The van der Waals surface area contributed by atoms with E-state index < -0.39 is 0 Å². The fourth-order valence-electron chi connectivity index (χ4n) is 2.50. The van der Waals surface area contributed by atoms with Crippen molar-refractivity contribution < 1.29 is 14.3 Å². The van der Waals surface area contributed by atoms with Crippen molar-refractivity contribution in [1.29, 1.82) is 0 Å². The van der Waals surface area contributed by atoms with Crippen LogP contribution in [0.1, 0.15) is 30.9 Å². The van der Waals surface area contributed by atoms with Gasteiger partial charge in [0.05, 0.1) is 24.3 Å². The Bertz CT molecular complexity index is 838. The van der Waals surface area contributed by atoms with Crippen LogP contribution < -0.4 is 15.4 Å². The van der Waals surface area contributed by atoms with E-state index in [4.69, 9.17) is 16.3 Å². The zero-order valence-corrected chi connectivity index (χ0v) is 18.0. The van der Waals surface area contributed by atoms with Gasteiger partial charge in [-0.2, -0.15) is 0 Å². The third-order valence-corrected chi connectivity index (χ3v) is 5.42. The zero-order chi connectivity index (χ0) is 20.7. The Morgan fingerprint density at radius 3 is 2.25 bits per heavy atom. The number of anilines is 2. The SMILES string of the molecule is COc1cc(Cl)c(C)cc1NC(=O)CSCC(=O)Nc1ccc(C(C)C)cc1. The van der Waals surface area contributed by atoms with E-state index in [0.29, 0.717) is 22.4 Å². The van der Waals surface area contributed by atoms with Crippen LogP contribution in [0.15, 0.2) is 36.4 Å². The number of methoxy groups -OCH3 is 1. The van der Waals surface area contributed by atoms with Crippen molar-refractivity contribution in [3.8, 4) is 5.75 Å². The Balaban J connectivity index is 1.80. The molecule has 2 rings (SSSR count). The highest BCUT2D eigenvalue weighted by Gasteiger charge is 2.11. The first-order valence-corrected chi connectivity index (χ1v) is 10.4. The first kappa shape index (κ1) is 22.1.